The minimum Gasteiger partial charge on any atom is -0.496 e. The second-order valence-corrected chi connectivity index (χ2v) is 12.6. The molecule has 2 aliphatic rings. The lowest BCUT2D eigenvalue weighted by atomic mass is 10.0. The minimum absolute atomic E-state index is 0.830. The fraction of sp³-hybridized carbons (Fsp3) is 0.486. The van der Waals surface area contributed by atoms with Crippen molar-refractivity contribution in [3.8, 4) is 11.5 Å². The molecule has 0 spiro atoms. The number of piperazine rings is 1. The van der Waals surface area contributed by atoms with Crippen LogP contribution in [0.4, 0.5) is 5.69 Å². The number of piperidine rings is 1. The maximum absolute atomic E-state index is 5.72. The zero-order chi connectivity index (χ0) is 29.0. The highest BCUT2D eigenvalue weighted by Crippen LogP contribution is 2.25. The van der Waals surface area contributed by atoms with Crippen LogP contribution in [0.3, 0.4) is 0 Å². The molecule has 2 saturated heterocycles. The Morgan fingerprint density at radius 2 is 1.39 bits per heavy atom. The third-order valence-corrected chi connectivity index (χ3v) is 9.10. The number of ether oxygens (including phenoxy) is 2. The molecule has 0 atom stereocenters. The Morgan fingerprint density at radius 3 is 2.05 bits per heavy atom. The van der Waals surface area contributed by atoms with Crippen molar-refractivity contribution in [1.29, 1.82) is 0 Å². The Bertz CT molecular complexity index is 1190. The molecule has 41 heavy (non-hydrogen) atoms. The first-order valence-electron chi connectivity index (χ1n) is 15.2. The number of benzene rings is 3. The van der Waals surface area contributed by atoms with Crippen LogP contribution in [0.5, 0.6) is 11.5 Å². The molecule has 3 aromatic carbocycles. The highest BCUT2D eigenvalue weighted by atomic mass is 127. The summed E-state index contributed by atoms with van der Waals surface area (Å²) in [6.07, 6.45) is 5.29. The van der Waals surface area contributed by atoms with Crippen LogP contribution in [0.2, 0.25) is 0 Å². The average Bonchev–Trinajstić information content (AvgIpc) is 3.00. The molecule has 6 heteroatoms. The molecule has 2 aliphatic heterocycles. The Balaban J connectivity index is 0.000000201. The molecule has 5 nitrogen and oxygen atoms in total. The van der Waals surface area contributed by atoms with Crippen molar-refractivity contribution in [3.05, 3.63) is 86.5 Å². The topological polar surface area (TPSA) is 28.2 Å². The standard InChI is InChI=1S/C21H28N2O.C14H20INO/c1-16-5-8-20(9-6-16)23-13-11-22(12-14-23)15-19-7-10-21(24-4)18(3)17(19)2;15-13-5-7-14(8-6-13)17-12-4-11-16-9-2-1-3-10-16/h5-10H,11-15H2,1-4H3;5-8H,1-4,9-12H2. The van der Waals surface area contributed by atoms with E-state index in [1.807, 2.05) is 12.1 Å². The summed E-state index contributed by atoms with van der Waals surface area (Å²) < 4.78 is 12.4. The van der Waals surface area contributed by atoms with Gasteiger partial charge in [0.1, 0.15) is 11.5 Å². The third-order valence-electron chi connectivity index (χ3n) is 8.38. The average molecular weight is 670 g/mol. The predicted molar refractivity (Wildman–Crippen MR) is 181 cm³/mol. The van der Waals surface area contributed by atoms with E-state index in [0.29, 0.717) is 0 Å². The van der Waals surface area contributed by atoms with E-state index in [1.165, 1.54) is 70.4 Å². The molecule has 3 aromatic rings. The quantitative estimate of drug-likeness (QED) is 0.174. The summed E-state index contributed by atoms with van der Waals surface area (Å²) in [5, 5.41) is 0. The van der Waals surface area contributed by atoms with Crippen LogP contribution < -0.4 is 14.4 Å². The molecular formula is C35H48IN3O2. The zero-order valence-electron chi connectivity index (χ0n) is 25.5. The van der Waals surface area contributed by atoms with Crippen molar-refractivity contribution in [2.75, 3.05) is 64.4 Å². The van der Waals surface area contributed by atoms with Gasteiger partial charge in [0.15, 0.2) is 0 Å². The maximum atomic E-state index is 5.72. The molecule has 0 saturated carbocycles. The Morgan fingerprint density at radius 1 is 0.707 bits per heavy atom. The fourth-order valence-electron chi connectivity index (χ4n) is 5.60. The summed E-state index contributed by atoms with van der Waals surface area (Å²) in [6, 6.07) is 21.4. The van der Waals surface area contributed by atoms with E-state index in [4.69, 9.17) is 9.47 Å². The minimum atomic E-state index is 0.830. The lowest BCUT2D eigenvalue weighted by molar-refractivity contribution is 0.205. The molecule has 0 radical (unpaired) electrons. The molecular weight excluding hydrogens is 621 g/mol. The number of anilines is 1. The van der Waals surface area contributed by atoms with E-state index in [2.05, 4.69) is 107 Å². The summed E-state index contributed by atoms with van der Waals surface area (Å²) in [5.74, 6) is 1.98. The van der Waals surface area contributed by atoms with Crippen molar-refractivity contribution < 1.29 is 9.47 Å². The molecule has 0 amide bonds. The molecule has 0 aliphatic carbocycles. The van der Waals surface area contributed by atoms with Gasteiger partial charge in [0.05, 0.1) is 13.7 Å². The summed E-state index contributed by atoms with van der Waals surface area (Å²) >= 11 is 2.31. The van der Waals surface area contributed by atoms with Gasteiger partial charge in [-0.25, -0.2) is 0 Å². The molecule has 5 rings (SSSR count). The smallest absolute Gasteiger partial charge is 0.122 e. The van der Waals surface area contributed by atoms with Gasteiger partial charge in [-0.15, -0.1) is 0 Å². The molecule has 0 unspecified atom stereocenters. The number of hydrogen-bond acceptors (Lipinski definition) is 5. The van der Waals surface area contributed by atoms with Crippen LogP contribution in [-0.4, -0.2) is 69.3 Å². The Labute approximate surface area is 262 Å². The van der Waals surface area contributed by atoms with E-state index in [9.17, 15) is 0 Å². The lowest BCUT2D eigenvalue weighted by Gasteiger charge is -2.36. The molecule has 0 bridgehead atoms. The van der Waals surface area contributed by atoms with Gasteiger partial charge in [-0.1, -0.05) is 30.2 Å². The first-order chi connectivity index (χ1) is 19.9. The molecule has 2 fully saturated rings. The van der Waals surface area contributed by atoms with Crippen molar-refractivity contribution in [2.45, 2.75) is 53.0 Å². The summed E-state index contributed by atoms with van der Waals surface area (Å²) in [7, 11) is 1.74. The van der Waals surface area contributed by atoms with Gasteiger partial charge in [0.25, 0.3) is 0 Å². The van der Waals surface area contributed by atoms with Crippen LogP contribution in [-0.2, 0) is 6.54 Å². The number of hydrogen-bond donors (Lipinski definition) is 0. The van der Waals surface area contributed by atoms with Crippen LogP contribution >= 0.6 is 22.6 Å². The number of aryl methyl sites for hydroxylation is 1. The zero-order valence-corrected chi connectivity index (χ0v) is 27.7. The van der Waals surface area contributed by atoms with E-state index >= 15 is 0 Å². The fourth-order valence-corrected chi connectivity index (χ4v) is 5.96. The number of rotatable bonds is 9. The summed E-state index contributed by atoms with van der Waals surface area (Å²) in [5.41, 5.74) is 6.69. The van der Waals surface area contributed by atoms with Gasteiger partial charge in [-0.05, 0) is 135 Å². The second kappa shape index (κ2) is 16.4. The van der Waals surface area contributed by atoms with Gasteiger partial charge in [0.2, 0.25) is 0 Å². The number of nitrogens with zero attached hydrogens (tertiary/aromatic N) is 3. The van der Waals surface area contributed by atoms with Crippen molar-refractivity contribution in [1.82, 2.24) is 9.80 Å². The van der Waals surface area contributed by atoms with E-state index in [1.54, 1.807) is 7.11 Å². The monoisotopic (exact) mass is 669 g/mol. The van der Waals surface area contributed by atoms with E-state index < -0.39 is 0 Å². The normalized spacial score (nSPS) is 16.2. The number of likely N-dealkylation sites (tertiary alicyclic amines) is 1. The van der Waals surface area contributed by atoms with Crippen LogP contribution in [0, 0.1) is 24.3 Å². The SMILES string of the molecule is COc1ccc(CN2CCN(c3ccc(C)cc3)CC2)c(C)c1C.Ic1ccc(OCCCN2CCCCC2)cc1. The van der Waals surface area contributed by atoms with Gasteiger partial charge in [0, 0.05) is 48.5 Å². The first-order valence-corrected chi connectivity index (χ1v) is 16.3. The molecule has 222 valence electrons. The first kappa shape index (κ1) is 31.6. The Hall–Kier alpha value is -2.29. The van der Waals surface area contributed by atoms with Gasteiger partial charge >= 0.3 is 0 Å². The molecule has 2 heterocycles. The Kier molecular flexibility index (Phi) is 12.6. The van der Waals surface area contributed by atoms with Gasteiger partial charge < -0.3 is 19.3 Å². The second-order valence-electron chi connectivity index (χ2n) is 11.3. The van der Waals surface area contributed by atoms with E-state index in [0.717, 1.165) is 57.3 Å². The summed E-state index contributed by atoms with van der Waals surface area (Å²) in [6.45, 7) is 16.5. The highest BCUT2D eigenvalue weighted by molar-refractivity contribution is 14.1. The van der Waals surface area contributed by atoms with Crippen molar-refractivity contribution in [2.24, 2.45) is 0 Å². The highest BCUT2D eigenvalue weighted by Gasteiger charge is 2.18. The summed E-state index contributed by atoms with van der Waals surface area (Å²) in [4.78, 5) is 7.60. The van der Waals surface area contributed by atoms with Gasteiger partial charge in [-0.3, -0.25) is 4.90 Å². The largest absolute Gasteiger partial charge is 0.496 e. The predicted octanol–water partition coefficient (Wildman–Crippen LogP) is 7.49. The number of halogens is 1. The molecule has 0 aromatic heterocycles. The van der Waals surface area contributed by atoms with Crippen molar-refractivity contribution >= 4 is 28.3 Å². The van der Waals surface area contributed by atoms with Crippen LogP contribution in [0.1, 0.15) is 47.9 Å². The lowest BCUT2D eigenvalue weighted by Crippen LogP contribution is -2.46. The number of methoxy groups -OCH3 is 1. The van der Waals surface area contributed by atoms with Crippen molar-refractivity contribution in [3.63, 3.8) is 0 Å². The molecule has 0 N–H and O–H groups in total. The van der Waals surface area contributed by atoms with Crippen LogP contribution in [0.25, 0.3) is 0 Å². The third kappa shape index (κ3) is 9.90. The maximum Gasteiger partial charge on any atom is 0.122 e. The van der Waals surface area contributed by atoms with E-state index in [-0.39, 0.29) is 0 Å². The van der Waals surface area contributed by atoms with Crippen LogP contribution in [0.15, 0.2) is 60.7 Å². The van der Waals surface area contributed by atoms with Gasteiger partial charge in [-0.2, -0.15) is 0 Å².